The van der Waals surface area contributed by atoms with Gasteiger partial charge in [0, 0.05) is 37.6 Å². The van der Waals surface area contributed by atoms with Gasteiger partial charge in [-0.05, 0) is 19.2 Å². The second kappa shape index (κ2) is 6.75. The van der Waals surface area contributed by atoms with E-state index in [0.717, 1.165) is 31.8 Å². The van der Waals surface area contributed by atoms with Gasteiger partial charge in [-0.1, -0.05) is 5.16 Å². The highest BCUT2D eigenvalue weighted by atomic mass is 16.5. The zero-order valence-corrected chi connectivity index (χ0v) is 12.0. The Bertz CT molecular complexity index is 560. The van der Waals surface area contributed by atoms with Crippen LogP contribution in [0.5, 0.6) is 0 Å². The second-order valence-corrected chi connectivity index (χ2v) is 5.14. The first kappa shape index (κ1) is 14.1. The van der Waals surface area contributed by atoms with Crippen LogP contribution in [0.3, 0.4) is 0 Å². The van der Waals surface area contributed by atoms with E-state index in [4.69, 9.17) is 9.26 Å². The molecule has 0 spiro atoms. The van der Waals surface area contributed by atoms with Crippen LogP contribution in [-0.2, 0) is 11.3 Å². The molecule has 0 saturated carbocycles. The number of likely N-dealkylation sites (N-methyl/N-ethyl adjacent to an activating group) is 1. The number of nitrogens with one attached hydrogen (secondary N) is 1. The van der Waals surface area contributed by atoms with Crippen LogP contribution >= 0.6 is 0 Å². The largest absolute Gasteiger partial charge is 0.374 e. The van der Waals surface area contributed by atoms with Crippen molar-refractivity contribution < 1.29 is 9.26 Å². The number of morpholine rings is 1. The second-order valence-electron chi connectivity index (χ2n) is 5.14. The summed E-state index contributed by atoms with van der Waals surface area (Å²) in [6, 6.07) is 3.75. The van der Waals surface area contributed by atoms with Gasteiger partial charge < -0.3 is 19.5 Å². The van der Waals surface area contributed by atoms with Crippen molar-refractivity contribution in [2.75, 3.05) is 33.3 Å². The molecule has 3 rings (SSSR count). The minimum atomic E-state index is 0.212. The number of hydrogen-bond acceptors (Lipinski definition) is 7. The van der Waals surface area contributed by atoms with Gasteiger partial charge in [-0.25, -0.2) is 0 Å². The third kappa shape index (κ3) is 3.84. The number of rotatable bonds is 5. The Morgan fingerprint density at radius 1 is 1.48 bits per heavy atom. The first-order chi connectivity index (χ1) is 10.3. The summed E-state index contributed by atoms with van der Waals surface area (Å²) < 4.78 is 10.9. The minimum Gasteiger partial charge on any atom is -0.374 e. The van der Waals surface area contributed by atoms with E-state index in [2.05, 4.69) is 32.4 Å². The molecule has 0 unspecified atom stereocenters. The van der Waals surface area contributed by atoms with Crippen molar-refractivity contribution in [3.05, 3.63) is 30.4 Å². The molecule has 0 aliphatic carbocycles. The van der Waals surface area contributed by atoms with Crippen LogP contribution < -0.4 is 5.32 Å². The lowest BCUT2D eigenvalue weighted by molar-refractivity contribution is -0.0184. The monoisotopic (exact) mass is 289 g/mol. The smallest absolute Gasteiger partial charge is 0.240 e. The molecule has 0 radical (unpaired) electrons. The molecule has 7 heteroatoms. The summed E-state index contributed by atoms with van der Waals surface area (Å²) >= 11 is 0. The van der Waals surface area contributed by atoms with E-state index in [1.807, 2.05) is 12.1 Å². The van der Waals surface area contributed by atoms with Crippen LogP contribution in [0.4, 0.5) is 0 Å². The summed E-state index contributed by atoms with van der Waals surface area (Å²) in [6.45, 7) is 4.03. The van der Waals surface area contributed by atoms with E-state index in [1.54, 1.807) is 12.4 Å². The van der Waals surface area contributed by atoms with Crippen LogP contribution in [0, 0.1) is 0 Å². The Balaban J connectivity index is 1.49. The third-order valence-corrected chi connectivity index (χ3v) is 3.38. The Morgan fingerprint density at radius 2 is 2.43 bits per heavy atom. The standard InChI is InChI=1S/C14H19N5O2/c1-19-5-6-20-12(10-19)8-16-9-13-17-14(18-21-13)11-3-2-4-15-7-11/h2-4,7,12,16H,5-6,8-10H2,1H3/t12-/m0/s1. The van der Waals surface area contributed by atoms with Gasteiger partial charge in [0.1, 0.15) is 0 Å². The first-order valence-electron chi connectivity index (χ1n) is 7.05. The van der Waals surface area contributed by atoms with E-state index < -0.39 is 0 Å². The number of nitrogens with zero attached hydrogens (tertiary/aromatic N) is 4. The molecule has 1 N–H and O–H groups in total. The van der Waals surface area contributed by atoms with E-state index in [-0.39, 0.29) is 6.10 Å². The van der Waals surface area contributed by atoms with E-state index in [1.165, 1.54) is 0 Å². The first-order valence-corrected chi connectivity index (χ1v) is 7.05. The molecule has 1 saturated heterocycles. The Labute approximate surface area is 123 Å². The van der Waals surface area contributed by atoms with Gasteiger partial charge in [-0.2, -0.15) is 4.98 Å². The quantitative estimate of drug-likeness (QED) is 0.861. The van der Waals surface area contributed by atoms with Crippen LogP contribution in [0.15, 0.2) is 29.0 Å². The number of hydrogen-bond donors (Lipinski definition) is 1. The van der Waals surface area contributed by atoms with E-state index in [9.17, 15) is 0 Å². The highest BCUT2D eigenvalue weighted by Crippen LogP contribution is 2.13. The van der Waals surface area contributed by atoms with Crippen molar-refractivity contribution >= 4 is 0 Å². The fourth-order valence-corrected chi connectivity index (χ4v) is 2.27. The van der Waals surface area contributed by atoms with Crippen molar-refractivity contribution in [3.63, 3.8) is 0 Å². The van der Waals surface area contributed by atoms with Crippen molar-refractivity contribution in [2.24, 2.45) is 0 Å². The lowest BCUT2D eigenvalue weighted by Crippen LogP contribution is -2.44. The summed E-state index contributed by atoms with van der Waals surface area (Å²) in [4.78, 5) is 10.7. The maximum atomic E-state index is 5.68. The predicted molar refractivity (Wildman–Crippen MR) is 76.5 cm³/mol. The molecule has 0 bridgehead atoms. The molecule has 2 aromatic rings. The lowest BCUT2D eigenvalue weighted by Gasteiger charge is -2.30. The van der Waals surface area contributed by atoms with Gasteiger partial charge in [-0.3, -0.25) is 4.98 Å². The van der Waals surface area contributed by atoms with Crippen molar-refractivity contribution in [1.29, 1.82) is 0 Å². The van der Waals surface area contributed by atoms with Gasteiger partial charge in [0.2, 0.25) is 11.7 Å². The number of pyridine rings is 1. The molecule has 1 fully saturated rings. The van der Waals surface area contributed by atoms with E-state index in [0.29, 0.717) is 18.3 Å². The SMILES string of the molecule is CN1CCO[C@@H](CNCc2nc(-c3cccnc3)no2)C1. The predicted octanol–water partition coefficient (Wildman–Crippen LogP) is 0.552. The summed E-state index contributed by atoms with van der Waals surface area (Å²) in [5.74, 6) is 1.13. The van der Waals surface area contributed by atoms with Gasteiger partial charge in [0.15, 0.2) is 0 Å². The lowest BCUT2D eigenvalue weighted by atomic mass is 10.3. The molecule has 21 heavy (non-hydrogen) atoms. The molecule has 1 aliphatic rings. The summed E-state index contributed by atoms with van der Waals surface area (Å²) in [7, 11) is 2.10. The van der Waals surface area contributed by atoms with Crippen molar-refractivity contribution in [2.45, 2.75) is 12.6 Å². The van der Waals surface area contributed by atoms with Crippen LogP contribution in [0.1, 0.15) is 5.89 Å². The normalized spacial score (nSPS) is 19.8. The molecule has 1 atom stereocenters. The third-order valence-electron chi connectivity index (χ3n) is 3.38. The summed E-state index contributed by atoms with van der Waals surface area (Å²) in [5, 5.41) is 7.25. The molecule has 0 aromatic carbocycles. The molecule has 3 heterocycles. The number of ether oxygens (including phenoxy) is 1. The average molecular weight is 289 g/mol. The minimum absolute atomic E-state index is 0.212. The molecule has 112 valence electrons. The maximum absolute atomic E-state index is 5.68. The molecule has 2 aromatic heterocycles. The van der Waals surface area contributed by atoms with Gasteiger partial charge in [0.05, 0.1) is 19.3 Å². The molecule has 0 amide bonds. The van der Waals surface area contributed by atoms with E-state index >= 15 is 0 Å². The summed E-state index contributed by atoms with van der Waals surface area (Å²) in [6.07, 6.45) is 3.64. The highest BCUT2D eigenvalue weighted by molar-refractivity contribution is 5.51. The topological polar surface area (TPSA) is 76.3 Å². The Kier molecular flexibility index (Phi) is 4.54. The molecular weight excluding hydrogens is 270 g/mol. The van der Waals surface area contributed by atoms with Crippen LogP contribution in [0.25, 0.3) is 11.4 Å². The summed E-state index contributed by atoms with van der Waals surface area (Å²) in [5.41, 5.74) is 0.852. The van der Waals surface area contributed by atoms with Crippen molar-refractivity contribution in [1.82, 2.24) is 25.3 Å². The fraction of sp³-hybridized carbons (Fsp3) is 0.500. The maximum Gasteiger partial charge on any atom is 0.240 e. The zero-order valence-electron chi connectivity index (χ0n) is 12.0. The Morgan fingerprint density at radius 3 is 3.24 bits per heavy atom. The van der Waals surface area contributed by atoms with Gasteiger partial charge in [0.25, 0.3) is 0 Å². The zero-order chi connectivity index (χ0) is 14.5. The van der Waals surface area contributed by atoms with Crippen molar-refractivity contribution in [3.8, 4) is 11.4 Å². The molecule has 7 nitrogen and oxygen atoms in total. The average Bonchev–Trinajstić information content (AvgIpc) is 2.97. The molecule has 1 aliphatic heterocycles. The van der Waals surface area contributed by atoms with Gasteiger partial charge >= 0.3 is 0 Å². The van der Waals surface area contributed by atoms with Crippen LogP contribution in [-0.4, -0.2) is 59.4 Å². The Hall–Kier alpha value is -1.83. The molecular formula is C14H19N5O2. The highest BCUT2D eigenvalue weighted by Gasteiger charge is 2.17. The van der Waals surface area contributed by atoms with Gasteiger partial charge in [-0.15, -0.1) is 0 Å². The number of aromatic nitrogens is 3. The fourth-order valence-electron chi connectivity index (χ4n) is 2.27. The van der Waals surface area contributed by atoms with Crippen LogP contribution in [0.2, 0.25) is 0 Å².